The summed E-state index contributed by atoms with van der Waals surface area (Å²) in [7, 11) is 3.30. The highest BCUT2D eigenvalue weighted by Gasteiger charge is 2.33. The maximum atomic E-state index is 5.34. The second kappa shape index (κ2) is 10.7. The number of guanidine groups is 1. The molecule has 1 fully saturated rings. The van der Waals surface area contributed by atoms with Gasteiger partial charge in [0.2, 0.25) is 0 Å². The predicted octanol–water partition coefficient (Wildman–Crippen LogP) is 2.46. The Morgan fingerprint density at radius 3 is 2.48 bits per heavy atom. The second-order valence-corrected chi connectivity index (χ2v) is 6.36. The molecule has 1 aromatic carbocycles. The zero-order valence-electron chi connectivity index (χ0n) is 15.6. The Morgan fingerprint density at radius 1 is 1.20 bits per heavy atom. The largest absolute Gasteiger partial charge is 0.493 e. The molecule has 2 rings (SSSR count). The van der Waals surface area contributed by atoms with Crippen LogP contribution in [0.5, 0.6) is 11.5 Å². The van der Waals surface area contributed by atoms with E-state index in [9.17, 15) is 0 Å². The number of nitrogens with one attached hydrogen (secondary N) is 2. The van der Waals surface area contributed by atoms with E-state index in [2.05, 4.69) is 35.5 Å². The van der Waals surface area contributed by atoms with E-state index < -0.39 is 0 Å². The van der Waals surface area contributed by atoms with Gasteiger partial charge in [-0.25, -0.2) is 0 Å². The van der Waals surface area contributed by atoms with Gasteiger partial charge in [0.05, 0.1) is 34.0 Å². The van der Waals surface area contributed by atoms with Gasteiger partial charge < -0.3 is 24.8 Å². The maximum Gasteiger partial charge on any atom is 0.191 e. The first-order chi connectivity index (χ1) is 11.6. The lowest BCUT2D eigenvalue weighted by Crippen LogP contribution is -2.44. The summed E-state index contributed by atoms with van der Waals surface area (Å²) in [5.74, 6) is 2.36. The Labute approximate surface area is 167 Å². The zero-order valence-corrected chi connectivity index (χ0v) is 17.9. The molecule has 7 heteroatoms. The fourth-order valence-electron chi connectivity index (χ4n) is 2.51. The van der Waals surface area contributed by atoms with E-state index in [4.69, 9.17) is 14.2 Å². The number of halogens is 1. The number of methoxy groups -OCH3 is 2. The molecule has 6 nitrogen and oxygen atoms in total. The molecule has 25 heavy (non-hydrogen) atoms. The molecule has 0 radical (unpaired) electrons. The molecule has 0 spiro atoms. The van der Waals surface area contributed by atoms with Crippen molar-refractivity contribution >= 4 is 29.9 Å². The molecule has 1 heterocycles. The Kier molecular flexibility index (Phi) is 9.34. The zero-order chi connectivity index (χ0) is 17.4. The number of hydrogen-bond acceptors (Lipinski definition) is 4. The van der Waals surface area contributed by atoms with E-state index in [1.54, 1.807) is 14.2 Å². The van der Waals surface area contributed by atoms with Gasteiger partial charge in [-0.2, -0.15) is 0 Å². The molecule has 0 saturated carbocycles. The van der Waals surface area contributed by atoms with Crippen LogP contribution >= 0.6 is 24.0 Å². The minimum Gasteiger partial charge on any atom is -0.493 e. The fraction of sp³-hybridized carbons (Fsp3) is 0.611. The van der Waals surface area contributed by atoms with Gasteiger partial charge in [0.1, 0.15) is 0 Å². The number of rotatable bonds is 8. The third-order valence-electron chi connectivity index (χ3n) is 4.02. The number of hydrogen-bond donors (Lipinski definition) is 2. The Balaban J connectivity index is 0.00000312. The lowest BCUT2D eigenvalue weighted by Gasteiger charge is -2.36. The number of aliphatic imine (C=N–C) groups is 1. The minimum atomic E-state index is 0. The van der Waals surface area contributed by atoms with Crippen LogP contribution in [0.2, 0.25) is 0 Å². The average Bonchev–Trinajstić information content (AvgIpc) is 2.57. The fourth-order valence-corrected chi connectivity index (χ4v) is 2.51. The van der Waals surface area contributed by atoms with E-state index in [1.807, 2.05) is 12.1 Å². The molecule has 1 saturated heterocycles. The molecule has 1 aromatic rings. The van der Waals surface area contributed by atoms with Crippen LogP contribution in [0.25, 0.3) is 0 Å². The summed E-state index contributed by atoms with van der Waals surface area (Å²) in [6, 6.07) is 6.00. The number of benzene rings is 1. The van der Waals surface area contributed by atoms with Crippen LogP contribution in [0, 0.1) is 5.41 Å². The molecule has 0 aliphatic carbocycles. The van der Waals surface area contributed by atoms with E-state index in [1.165, 1.54) is 5.56 Å². The summed E-state index contributed by atoms with van der Waals surface area (Å²) in [5, 5.41) is 6.67. The van der Waals surface area contributed by atoms with Crippen molar-refractivity contribution in [2.75, 3.05) is 47.1 Å². The van der Waals surface area contributed by atoms with Crippen molar-refractivity contribution in [1.29, 1.82) is 0 Å². The molecule has 0 bridgehead atoms. The van der Waals surface area contributed by atoms with Gasteiger partial charge in [0.25, 0.3) is 0 Å². The summed E-state index contributed by atoms with van der Waals surface area (Å²) < 4.78 is 15.9. The van der Waals surface area contributed by atoms with E-state index in [-0.39, 0.29) is 29.4 Å². The van der Waals surface area contributed by atoms with Crippen LogP contribution in [0.15, 0.2) is 23.2 Å². The van der Waals surface area contributed by atoms with Crippen LogP contribution in [-0.2, 0) is 11.2 Å². The lowest BCUT2D eigenvalue weighted by atomic mass is 9.89. The van der Waals surface area contributed by atoms with Crippen molar-refractivity contribution in [3.63, 3.8) is 0 Å². The maximum absolute atomic E-state index is 5.34. The summed E-state index contributed by atoms with van der Waals surface area (Å²) in [5.41, 5.74) is 1.38. The third-order valence-corrected chi connectivity index (χ3v) is 4.02. The van der Waals surface area contributed by atoms with E-state index in [0.717, 1.165) is 56.7 Å². The standard InChI is InChI=1S/C18H29N3O3.HI/c1-5-19-17(21-11-18(2)12-24-13-18)20-9-8-14-6-7-15(22-3)16(10-14)23-4;/h6-7,10H,5,8-9,11-13H2,1-4H3,(H2,19,20,21);1H. The van der Waals surface area contributed by atoms with Crippen molar-refractivity contribution in [3.05, 3.63) is 23.8 Å². The lowest BCUT2D eigenvalue weighted by molar-refractivity contribution is -0.0945. The normalized spacial score (nSPS) is 15.6. The van der Waals surface area contributed by atoms with Crippen molar-refractivity contribution in [3.8, 4) is 11.5 Å². The highest BCUT2D eigenvalue weighted by atomic mass is 127. The van der Waals surface area contributed by atoms with E-state index >= 15 is 0 Å². The van der Waals surface area contributed by atoms with Gasteiger partial charge in [0, 0.05) is 18.5 Å². The Bertz CT molecular complexity index is 562. The molecule has 1 aliphatic heterocycles. The highest BCUT2D eigenvalue weighted by molar-refractivity contribution is 14.0. The van der Waals surface area contributed by atoms with Crippen LogP contribution in [-0.4, -0.2) is 53.0 Å². The van der Waals surface area contributed by atoms with Gasteiger partial charge in [-0.3, -0.25) is 4.99 Å². The van der Waals surface area contributed by atoms with Crippen molar-refractivity contribution in [2.45, 2.75) is 20.3 Å². The summed E-state index contributed by atoms with van der Waals surface area (Å²) in [4.78, 5) is 4.67. The third kappa shape index (κ3) is 6.54. The average molecular weight is 463 g/mol. The second-order valence-electron chi connectivity index (χ2n) is 6.36. The minimum absolute atomic E-state index is 0. The van der Waals surface area contributed by atoms with Crippen molar-refractivity contribution < 1.29 is 14.2 Å². The Morgan fingerprint density at radius 2 is 1.92 bits per heavy atom. The van der Waals surface area contributed by atoms with Gasteiger partial charge in [0.15, 0.2) is 17.5 Å². The van der Waals surface area contributed by atoms with Crippen LogP contribution in [0.3, 0.4) is 0 Å². The molecule has 0 aromatic heterocycles. The smallest absolute Gasteiger partial charge is 0.191 e. The molecular formula is C18H30IN3O3. The van der Waals surface area contributed by atoms with Gasteiger partial charge in [-0.1, -0.05) is 13.0 Å². The van der Waals surface area contributed by atoms with E-state index in [0.29, 0.717) is 0 Å². The van der Waals surface area contributed by atoms with Gasteiger partial charge in [-0.15, -0.1) is 24.0 Å². The highest BCUT2D eigenvalue weighted by Crippen LogP contribution is 2.28. The molecule has 2 N–H and O–H groups in total. The number of ether oxygens (including phenoxy) is 3. The molecule has 142 valence electrons. The summed E-state index contributed by atoms with van der Waals surface area (Å²) >= 11 is 0. The van der Waals surface area contributed by atoms with Gasteiger partial charge in [-0.05, 0) is 31.0 Å². The monoisotopic (exact) mass is 463 g/mol. The molecule has 1 aliphatic rings. The quantitative estimate of drug-likeness (QED) is 0.353. The van der Waals surface area contributed by atoms with Crippen LogP contribution in [0.1, 0.15) is 19.4 Å². The van der Waals surface area contributed by atoms with Crippen molar-refractivity contribution in [2.24, 2.45) is 10.4 Å². The molecule has 0 atom stereocenters. The summed E-state index contributed by atoms with van der Waals surface area (Å²) in [6.45, 7) is 8.28. The molecule has 0 unspecified atom stereocenters. The number of nitrogens with zero attached hydrogens (tertiary/aromatic N) is 1. The van der Waals surface area contributed by atoms with Crippen LogP contribution < -0.4 is 20.1 Å². The van der Waals surface area contributed by atoms with Gasteiger partial charge >= 0.3 is 0 Å². The van der Waals surface area contributed by atoms with Crippen molar-refractivity contribution in [1.82, 2.24) is 10.6 Å². The first kappa shape index (κ1) is 21.8. The summed E-state index contributed by atoms with van der Waals surface area (Å²) in [6.07, 6.45) is 0.880. The molecular weight excluding hydrogens is 433 g/mol. The van der Waals surface area contributed by atoms with Crippen LogP contribution in [0.4, 0.5) is 0 Å². The Hall–Kier alpha value is -1.22. The SMILES string of the molecule is CCNC(=NCC1(C)COC1)NCCc1ccc(OC)c(OC)c1.I. The molecule has 0 amide bonds. The topological polar surface area (TPSA) is 64.1 Å². The first-order valence-electron chi connectivity index (χ1n) is 8.41. The predicted molar refractivity (Wildman–Crippen MR) is 112 cm³/mol. The first-order valence-corrected chi connectivity index (χ1v) is 8.41.